The number of rotatable bonds is 5. The van der Waals surface area contributed by atoms with Gasteiger partial charge in [0.1, 0.15) is 0 Å². The smallest absolute Gasteiger partial charge is 0.282 e. The number of piperazine rings is 1. The Morgan fingerprint density at radius 1 is 0.774 bits per heavy atom. The molecule has 0 aromatic rings. The third-order valence-electron chi connectivity index (χ3n) is 6.31. The van der Waals surface area contributed by atoms with E-state index in [1.807, 2.05) is 32.6 Å². The molecule has 0 saturated carbocycles. The summed E-state index contributed by atoms with van der Waals surface area (Å²) in [5.74, 6) is 0.269. The molecule has 1 amide bonds. The monoisotopic (exact) mass is 460 g/mol. The molecular weight excluding hydrogens is 420 g/mol. The standard InChI is InChI=1S/C21H40N4O5S/c1-15(2)20(23-11-16(3)29-17(4)12-23)21(26)22-7-9-24(10-8-22)31(27,28)25-13-18(5)30-19(6)14-25/h15-20H,7-14H2,1-6H3. The maximum Gasteiger partial charge on any atom is 0.282 e. The van der Waals surface area contributed by atoms with Crippen LogP contribution in [-0.2, 0) is 24.5 Å². The Morgan fingerprint density at radius 2 is 1.23 bits per heavy atom. The Morgan fingerprint density at radius 3 is 1.68 bits per heavy atom. The van der Waals surface area contributed by atoms with Crippen molar-refractivity contribution in [2.75, 3.05) is 52.4 Å². The van der Waals surface area contributed by atoms with Crippen LogP contribution in [0, 0.1) is 5.92 Å². The molecule has 3 rings (SSSR count). The van der Waals surface area contributed by atoms with Gasteiger partial charge in [0.15, 0.2) is 0 Å². The minimum absolute atomic E-state index is 0.0955. The first-order valence-corrected chi connectivity index (χ1v) is 13.0. The lowest BCUT2D eigenvalue weighted by Crippen LogP contribution is -2.61. The molecule has 3 heterocycles. The maximum atomic E-state index is 13.4. The molecule has 5 atom stereocenters. The first kappa shape index (κ1) is 24.9. The van der Waals surface area contributed by atoms with Crippen LogP contribution >= 0.6 is 0 Å². The van der Waals surface area contributed by atoms with Crippen LogP contribution in [0.15, 0.2) is 0 Å². The van der Waals surface area contributed by atoms with E-state index in [0.717, 1.165) is 13.1 Å². The van der Waals surface area contributed by atoms with Gasteiger partial charge in [0, 0.05) is 52.4 Å². The molecule has 3 aliphatic heterocycles. The highest BCUT2D eigenvalue weighted by atomic mass is 32.2. The first-order valence-electron chi connectivity index (χ1n) is 11.6. The fourth-order valence-corrected chi connectivity index (χ4v) is 6.86. The molecule has 3 saturated heterocycles. The summed E-state index contributed by atoms with van der Waals surface area (Å²) in [6.45, 7) is 15.8. The molecule has 10 heteroatoms. The van der Waals surface area contributed by atoms with E-state index in [4.69, 9.17) is 9.47 Å². The molecule has 0 N–H and O–H groups in total. The van der Waals surface area contributed by atoms with Gasteiger partial charge in [0.05, 0.1) is 30.5 Å². The second-order valence-electron chi connectivity index (χ2n) is 9.71. The van der Waals surface area contributed by atoms with E-state index < -0.39 is 10.2 Å². The number of carbonyl (C=O) groups is 1. The summed E-state index contributed by atoms with van der Waals surface area (Å²) in [6, 6.07) is -0.210. The fourth-order valence-electron chi connectivity index (χ4n) is 5.12. The number of hydrogen-bond acceptors (Lipinski definition) is 6. The van der Waals surface area contributed by atoms with E-state index >= 15 is 0 Å². The zero-order chi connectivity index (χ0) is 22.9. The number of carbonyl (C=O) groups excluding carboxylic acids is 1. The van der Waals surface area contributed by atoms with Gasteiger partial charge < -0.3 is 14.4 Å². The van der Waals surface area contributed by atoms with Gasteiger partial charge in [-0.2, -0.15) is 17.0 Å². The van der Waals surface area contributed by atoms with Gasteiger partial charge in [0.2, 0.25) is 5.91 Å². The predicted octanol–water partition coefficient (Wildman–Crippen LogP) is 0.618. The lowest BCUT2D eigenvalue weighted by molar-refractivity contribution is -0.146. The van der Waals surface area contributed by atoms with Crippen molar-refractivity contribution < 1.29 is 22.7 Å². The average molecular weight is 461 g/mol. The molecule has 0 aromatic heterocycles. The largest absolute Gasteiger partial charge is 0.373 e. The number of ether oxygens (including phenoxy) is 2. The summed E-state index contributed by atoms with van der Waals surface area (Å²) >= 11 is 0. The van der Waals surface area contributed by atoms with Crippen molar-refractivity contribution >= 4 is 16.1 Å². The normalized spacial score (nSPS) is 33.6. The summed E-state index contributed by atoms with van der Waals surface area (Å²) in [5.41, 5.74) is 0. The van der Waals surface area contributed by atoms with E-state index in [0.29, 0.717) is 39.3 Å². The Balaban J connectivity index is 1.63. The Bertz CT molecular complexity index is 705. The van der Waals surface area contributed by atoms with E-state index in [1.165, 1.54) is 8.61 Å². The highest BCUT2D eigenvalue weighted by Gasteiger charge is 2.40. The van der Waals surface area contributed by atoms with Crippen molar-refractivity contribution in [3.8, 4) is 0 Å². The van der Waals surface area contributed by atoms with E-state index in [2.05, 4.69) is 18.7 Å². The second kappa shape index (κ2) is 10.0. The molecule has 9 nitrogen and oxygen atoms in total. The van der Waals surface area contributed by atoms with Crippen LogP contribution in [0.4, 0.5) is 0 Å². The minimum Gasteiger partial charge on any atom is -0.373 e. The Kier molecular flexibility index (Phi) is 8.02. The van der Waals surface area contributed by atoms with Crippen molar-refractivity contribution in [1.82, 2.24) is 18.4 Å². The van der Waals surface area contributed by atoms with Crippen LogP contribution in [0.3, 0.4) is 0 Å². The highest BCUT2D eigenvalue weighted by molar-refractivity contribution is 7.86. The van der Waals surface area contributed by atoms with Crippen LogP contribution in [0.5, 0.6) is 0 Å². The van der Waals surface area contributed by atoms with Gasteiger partial charge in [-0.1, -0.05) is 13.8 Å². The van der Waals surface area contributed by atoms with Gasteiger partial charge >= 0.3 is 0 Å². The van der Waals surface area contributed by atoms with Gasteiger partial charge in [-0.15, -0.1) is 0 Å². The van der Waals surface area contributed by atoms with E-state index in [9.17, 15) is 13.2 Å². The SMILES string of the molecule is CC1CN(C(C(=O)N2CCN(S(=O)(=O)N3CC(C)OC(C)C3)CC2)C(C)C)CC(C)O1. The Labute approximate surface area is 187 Å². The fraction of sp³-hybridized carbons (Fsp3) is 0.952. The van der Waals surface area contributed by atoms with Crippen molar-refractivity contribution in [1.29, 1.82) is 0 Å². The summed E-state index contributed by atoms with van der Waals surface area (Å²) < 4.78 is 40.8. The van der Waals surface area contributed by atoms with E-state index in [-0.39, 0.29) is 42.3 Å². The van der Waals surface area contributed by atoms with Crippen molar-refractivity contribution in [3.63, 3.8) is 0 Å². The third-order valence-corrected chi connectivity index (χ3v) is 8.28. The Hall–Kier alpha value is -0.780. The van der Waals surface area contributed by atoms with Crippen LogP contribution in [0.25, 0.3) is 0 Å². The third kappa shape index (κ3) is 5.78. The molecule has 0 aromatic carbocycles. The van der Waals surface area contributed by atoms with Crippen LogP contribution < -0.4 is 0 Å². The maximum absolute atomic E-state index is 13.4. The summed E-state index contributed by atoms with van der Waals surface area (Å²) in [5, 5.41) is 0. The molecule has 180 valence electrons. The molecule has 0 radical (unpaired) electrons. The quantitative estimate of drug-likeness (QED) is 0.598. The molecule has 0 bridgehead atoms. The molecule has 31 heavy (non-hydrogen) atoms. The number of hydrogen-bond donors (Lipinski definition) is 0. The molecule has 0 aliphatic carbocycles. The van der Waals surface area contributed by atoms with Gasteiger partial charge in [-0.3, -0.25) is 9.69 Å². The summed E-state index contributed by atoms with van der Waals surface area (Å²) in [4.78, 5) is 17.5. The number of amides is 1. The number of nitrogens with zero attached hydrogens (tertiary/aromatic N) is 4. The van der Waals surface area contributed by atoms with E-state index in [1.54, 1.807) is 0 Å². The molecule has 5 unspecified atom stereocenters. The van der Waals surface area contributed by atoms with Crippen LogP contribution in [0.2, 0.25) is 0 Å². The van der Waals surface area contributed by atoms with Crippen LogP contribution in [-0.4, -0.2) is 116 Å². The predicted molar refractivity (Wildman–Crippen MR) is 119 cm³/mol. The van der Waals surface area contributed by atoms with Crippen molar-refractivity contribution in [2.45, 2.75) is 72.0 Å². The lowest BCUT2D eigenvalue weighted by atomic mass is 9.98. The highest BCUT2D eigenvalue weighted by Crippen LogP contribution is 2.23. The first-order chi connectivity index (χ1) is 14.5. The number of morpholine rings is 2. The van der Waals surface area contributed by atoms with Gasteiger partial charge in [-0.05, 0) is 33.6 Å². The van der Waals surface area contributed by atoms with Gasteiger partial charge in [0.25, 0.3) is 10.2 Å². The van der Waals surface area contributed by atoms with Gasteiger partial charge in [-0.25, -0.2) is 0 Å². The summed E-state index contributed by atoms with van der Waals surface area (Å²) in [7, 11) is -3.55. The van der Waals surface area contributed by atoms with Crippen molar-refractivity contribution in [3.05, 3.63) is 0 Å². The molecule has 3 fully saturated rings. The molecule has 3 aliphatic rings. The van der Waals surface area contributed by atoms with Crippen molar-refractivity contribution in [2.24, 2.45) is 5.92 Å². The zero-order valence-electron chi connectivity index (χ0n) is 19.9. The summed E-state index contributed by atoms with van der Waals surface area (Å²) in [6.07, 6.45) is -0.0470. The topological polar surface area (TPSA) is 82.6 Å². The van der Waals surface area contributed by atoms with Crippen LogP contribution in [0.1, 0.15) is 41.5 Å². The zero-order valence-corrected chi connectivity index (χ0v) is 20.7. The second-order valence-corrected chi connectivity index (χ2v) is 11.6. The lowest BCUT2D eigenvalue weighted by Gasteiger charge is -2.44. The average Bonchev–Trinajstić information content (AvgIpc) is 2.66. The minimum atomic E-state index is -3.55. The molecular formula is C21H40N4O5S. The molecule has 0 spiro atoms.